The van der Waals surface area contributed by atoms with Crippen LogP contribution in [0.4, 0.5) is 0 Å². The third kappa shape index (κ3) is 3.56. The molecule has 0 saturated carbocycles. The van der Waals surface area contributed by atoms with E-state index in [0.29, 0.717) is 56.2 Å². The van der Waals surface area contributed by atoms with E-state index in [-0.39, 0.29) is 11.8 Å². The highest BCUT2D eigenvalue weighted by Gasteiger charge is 2.45. The molecule has 28 heavy (non-hydrogen) atoms. The number of hydrogen-bond acceptors (Lipinski definition) is 7. The lowest BCUT2D eigenvalue weighted by Crippen LogP contribution is -2.55. The van der Waals surface area contributed by atoms with Gasteiger partial charge in [0.25, 0.3) is 5.91 Å². The van der Waals surface area contributed by atoms with Crippen LogP contribution < -0.4 is 0 Å². The van der Waals surface area contributed by atoms with Crippen molar-refractivity contribution in [1.29, 1.82) is 0 Å². The van der Waals surface area contributed by atoms with Crippen molar-refractivity contribution >= 4 is 23.2 Å². The van der Waals surface area contributed by atoms with E-state index in [1.165, 1.54) is 0 Å². The number of hydrogen-bond donors (Lipinski definition) is 0. The van der Waals surface area contributed by atoms with Crippen molar-refractivity contribution in [1.82, 2.24) is 19.9 Å². The highest BCUT2D eigenvalue weighted by molar-refractivity contribution is 7.09. The second kappa shape index (κ2) is 7.29. The summed E-state index contributed by atoms with van der Waals surface area (Å²) < 4.78 is 11.2. The summed E-state index contributed by atoms with van der Waals surface area (Å²) in [4.78, 5) is 33.7. The van der Waals surface area contributed by atoms with Gasteiger partial charge in [-0.15, -0.1) is 11.3 Å². The van der Waals surface area contributed by atoms with E-state index in [1.807, 2.05) is 17.2 Å². The molecule has 2 aliphatic rings. The Kier molecular flexibility index (Phi) is 4.96. The largest absolute Gasteiger partial charge is 0.369 e. The van der Waals surface area contributed by atoms with Gasteiger partial charge >= 0.3 is 0 Å². The summed E-state index contributed by atoms with van der Waals surface area (Å²) in [6.07, 6.45) is 1.03. The summed E-state index contributed by atoms with van der Waals surface area (Å²) in [6.45, 7) is 8.05. The molecule has 2 aliphatic heterocycles. The molecule has 0 aliphatic carbocycles. The summed E-state index contributed by atoms with van der Waals surface area (Å²) in [5.74, 6) is 0.506. The van der Waals surface area contributed by atoms with Gasteiger partial charge in [-0.05, 0) is 27.2 Å². The third-order valence-corrected chi connectivity index (χ3v) is 6.27. The Hall–Kier alpha value is -2.26. The molecule has 2 fully saturated rings. The van der Waals surface area contributed by atoms with E-state index in [4.69, 9.17) is 9.26 Å². The summed E-state index contributed by atoms with van der Waals surface area (Å²) >= 11 is 1.55. The predicted octanol–water partition coefficient (Wildman–Crippen LogP) is 1.74. The Balaban J connectivity index is 1.42. The molecule has 2 aromatic rings. The maximum absolute atomic E-state index is 13.0. The Morgan fingerprint density at radius 1 is 1.21 bits per heavy atom. The van der Waals surface area contributed by atoms with Crippen molar-refractivity contribution in [2.75, 3.05) is 32.8 Å². The topological polar surface area (TPSA) is 88.8 Å². The van der Waals surface area contributed by atoms with Crippen molar-refractivity contribution in [3.8, 4) is 0 Å². The monoisotopic (exact) mass is 404 g/mol. The van der Waals surface area contributed by atoms with Crippen LogP contribution in [-0.2, 0) is 16.0 Å². The van der Waals surface area contributed by atoms with Crippen molar-refractivity contribution in [2.24, 2.45) is 0 Å². The minimum atomic E-state index is -0.499. The number of thiazole rings is 1. The van der Waals surface area contributed by atoms with E-state index in [1.54, 1.807) is 30.1 Å². The third-order valence-electron chi connectivity index (χ3n) is 5.45. The maximum atomic E-state index is 13.0. The van der Waals surface area contributed by atoms with Gasteiger partial charge in [0.05, 0.1) is 42.5 Å². The van der Waals surface area contributed by atoms with Crippen LogP contribution in [0.25, 0.3) is 0 Å². The molecule has 2 saturated heterocycles. The smallest absolute Gasteiger partial charge is 0.259 e. The van der Waals surface area contributed by atoms with Crippen LogP contribution in [0.3, 0.4) is 0 Å². The molecule has 0 aromatic carbocycles. The van der Waals surface area contributed by atoms with Gasteiger partial charge in [-0.2, -0.15) is 0 Å². The highest BCUT2D eigenvalue weighted by Crippen LogP contribution is 2.31. The van der Waals surface area contributed by atoms with Crippen LogP contribution in [0.5, 0.6) is 0 Å². The van der Waals surface area contributed by atoms with E-state index >= 15 is 0 Å². The highest BCUT2D eigenvalue weighted by atomic mass is 32.1. The molecule has 1 spiro atoms. The number of likely N-dealkylation sites (tertiary alicyclic amines) is 1. The van der Waals surface area contributed by atoms with Gasteiger partial charge < -0.3 is 19.1 Å². The molecule has 4 heterocycles. The standard InChI is InChI=1S/C19H24N4O4S/c1-12-17(13(2)27-21-12)18(25)23-6-7-26-19(11-23)4-5-22(10-19)16(24)8-15-9-28-14(3)20-15/h9H,4-8,10-11H2,1-3H3. The number of carbonyl (C=O) groups is 2. The Morgan fingerprint density at radius 3 is 2.68 bits per heavy atom. The van der Waals surface area contributed by atoms with Crippen molar-refractivity contribution in [3.05, 3.63) is 33.1 Å². The molecule has 9 heteroatoms. The van der Waals surface area contributed by atoms with Crippen molar-refractivity contribution < 1.29 is 18.8 Å². The van der Waals surface area contributed by atoms with Gasteiger partial charge in [0, 0.05) is 18.5 Å². The minimum absolute atomic E-state index is 0.0555. The van der Waals surface area contributed by atoms with E-state index in [0.717, 1.165) is 17.1 Å². The first kappa shape index (κ1) is 19.1. The summed E-state index contributed by atoms with van der Waals surface area (Å²) in [5, 5.41) is 6.78. The number of aromatic nitrogens is 2. The van der Waals surface area contributed by atoms with Gasteiger partial charge in [-0.3, -0.25) is 9.59 Å². The lowest BCUT2D eigenvalue weighted by Gasteiger charge is -2.40. The Morgan fingerprint density at radius 2 is 2.00 bits per heavy atom. The lowest BCUT2D eigenvalue weighted by molar-refractivity contribution is -0.133. The molecule has 2 aromatic heterocycles. The summed E-state index contributed by atoms with van der Waals surface area (Å²) in [5.41, 5.74) is 1.44. The molecule has 1 unspecified atom stereocenters. The second-order valence-corrected chi connectivity index (χ2v) is 8.62. The van der Waals surface area contributed by atoms with Gasteiger partial charge in [0.15, 0.2) is 0 Å². The van der Waals surface area contributed by atoms with Crippen LogP contribution in [-0.4, -0.2) is 70.1 Å². The number of amides is 2. The molecule has 4 rings (SSSR count). The molecule has 0 N–H and O–H groups in total. The van der Waals surface area contributed by atoms with Crippen LogP contribution in [0, 0.1) is 20.8 Å². The first-order valence-electron chi connectivity index (χ1n) is 9.42. The zero-order chi connectivity index (χ0) is 19.9. The number of rotatable bonds is 3. The number of ether oxygens (including phenoxy) is 1. The van der Waals surface area contributed by atoms with E-state index in [9.17, 15) is 9.59 Å². The average Bonchev–Trinajstić information content (AvgIpc) is 3.35. The predicted molar refractivity (Wildman–Crippen MR) is 102 cm³/mol. The van der Waals surface area contributed by atoms with Crippen LogP contribution in [0.2, 0.25) is 0 Å². The van der Waals surface area contributed by atoms with E-state index in [2.05, 4.69) is 10.1 Å². The number of carbonyl (C=O) groups excluding carboxylic acids is 2. The normalized spacial score (nSPS) is 22.2. The zero-order valence-corrected chi connectivity index (χ0v) is 17.2. The molecular weight excluding hydrogens is 380 g/mol. The van der Waals surface area contributed by atoms with Crippen LogP contribution in [0.15, 0.2) is 9.90 Å². The average molecular weight is 404 g/mol. The summed E-state index contributed by atoms with van der Waals surface area (Å²) in [6, 6.07) is 0. The minimum Gasteiger partial charge on any atom is -0.369 e. The van der Waals surface area contributed by atoms with Gasteiger partial charge in [-0.1, -0.05) is 5.16 Å². The molecule has 2 amide bonds. The van der Waals surface area contributed by atoms with E-state index < -0.39 is 5.60 Å². The fraction of sp³-hybridized carbons (Fsp3) is 0.579. The maximum Gasteiger partial charge on any atom is 0.259 e. The fourth-order valence-corrected chi connectivity index (χ4v) is 4.64. The fourth-order valence-electron chi connectivity index (χ4n) is 4.03. The van der Waals surface area contributed by atoms with Gasteiger partial charge in [0.2, 0.25) is 5.91 Å². The lowest BCUT2D eigenvalue weighted by atomic mass is 9.99. The quantitative estimate of drug-likeness (QED) is 0.774. The molecule has 0 bridgehead atoms. The molecule has 150 valence electrons. The first-order chi connectivity index (χ1) is 13.4. The zero-order valence-electron chi connectivity index (χ0n) is 16.4. The molecule has 8 nitrogen and oxygen atoms in total. The van der Waals surface area contributed by atoms with Crippen molar-refractivity contribution in [3.63, 3.8) is 0 Å². The van der Waals surface area contributed by atoms with Gasteiger partial charge in [-0.25, -0.2) is 4.98 Å². The molecular formula is C19H24N4O4S. The number of nitrogens with zero attached hydrogens (tertiary/aromatic N) is 4. The number of morpholine rings is 1. The number of aryl methyl sites for hydroxylation is 3. The van der Waals surface area contributed by atoms with Crippen molar-refractivity contribution in [2.45, 2.75) is 39.2 Å². The SMILES string of the molecule is Cc1nc(CC(=O)N2CCC3(C2)CN(C(=O)c2c(C)noc2C)CCO3)cs1. The molecule has 1 atom stereocenters. The first-order valence-corrected chi connectivity index (χ1v) is 10.3. The van der Waals surface area contributed by atoms with Gasteiger partial charge in [0.1, 0.15) is 16.9 Å². The Bertz CT molecular complexity index is 888. The Labute approximate surface area is 167 Å². The van der Waals surface area contributed by atoms with Crippen LogP contribution in [0.1, 0.15) is 38.9 Å². The summed E-state index contributed by atoms with van der Waals surface area (Å²) in [7, 11) is 0. The second-order valence-electron chi connectivity index (χ2n) is 7.56. The van der Waals surface area contributed by atoms with Crippen LogP contribution >= 0.6 is 11.3 Å². The molecule has 0 radical (unpaired) electrons.